The predicted molar refractivity (Wildman–Crippen MR) is 37.8 cm³/mol. The van der Waals surface area contributed by atoms with E-state index in [4.69, 9.17) is 5.11 Å². The average molecular weight is 153 g/mol. The van der Waals surface area contributed by atoms with Crippen LogP contribution in [0.2, 0.25) is 0 Å². The van der Waals surface area contributed by atoms with Crippen LogP contribution >= 0.6 is 0 Å². The summed E-state index contributed by atoms with van der Waals surface area (Å²) in [5, 5.41) is 8.67. The molecule has 2 aliphatic rings. The number of carbonyl (C=O) groups is 1. The first-order valence-electron chi connectivity index (χ1n) is 3.27. The molecule has 2 atom stereocenters. The molecule has 0 aliphatic carbocycles. The van der Waals surface area contributed by atoms with Crippen LogP contribution in [0.25, 0.3) is 0 Å². The lowest BCUT2D eigenvalue weighted by Crippen LogP contribution is -2.38. The van der Waals surface area contributed by atoms with Gasteiger partial charge in [0.25, 0.3) is 0 Å². The molecule has 0 bridgehead atoms. The maximum Gasteiger partial charge on any atom is 0.323 e. The number of hydrogen-bond acceptors (Lipinski definition) is 4. The SMILES string of the molecule is O=C(O)C1NNC2=CN=CC21. The number of aliphatic imine (C=N–C) groups is 1. The van der Waals surface area contributed by atoms with Crippen molar-refractivity contribution in [3.63, 3.8) is 0 Å². The zero-order valence-electron chi connectivity index (χ0n) is 5.61. The number of nitrogens with zero attached hydrogens (tertiary/aromatic N) is 1. The minimum atomic E-state index is -0.862. The summed E-state index contributed by atoms with van der Waals surface area (Å²) >= 11 is 0. The number of fused-ring (bicyclic) bond motifs is 1. The molecule has 0 radical (unpaired) electrons. The second-order valence-electron chi connectivity index (χ2n) is 2.49. The summed E-state index contributed by atoms with van der Waals surface area (Å²) in [5.41, 5.74) is 6.24. The molecule has 0 aromatic heterocycles. The van der Waals surface area contributed by atoms with Crippen LogP contribution in [0.3, 0.4) is 0 Å². The van der Waals surface area contributed by atoms with E-state index in [-0.39, 0.29) is 5.92 Å². The quantitative estimate of drug-likeness (QED) is 0.456. The van der Waals surface area contributed by atoms with Gasteiger partial charge in [-0.1, -0.05) is 0 Å². The molecule has 2 rings (SSSR count). The van der Waals surface area contributed by atoms with Gasteiger partial charge in [0.1, 0.15) is 6.04 Å². The van der Waals surface area contributed by atoms with Gasteiger partial charge in [0, 0.05) is 12.4 Å². The van der Waals surface area contributed by atoms with Gasteiger partial charge >= 0.3 is 5.97 Å². The Balaban J connectivity index is 2.22. The number of hydrazine groups is 1. The van der Waals surface area contributed by atoms with E-state index >= 15 is 0 Å². The maximum atomic E-state index is 10.6. The first-order valence-corrected chi connectivity index (χ1v) is 3.27. The lowest BCUT2D eigenvalue weighted by atomic mass is 10.0. The highest BCUT2D eigenvalue weighted by atomic mass is 16.4. The molecular weight excluding hydrogens is 146 g/mol. The molecule has 1 saturated heterocycles. The molecule has 5 heteroatoms. The second-order valence-corrected chi connectivity index (χ2v) is 2.49. The topological polar surface area (TPSA) is 73.7 Å². The number of nitrogens with one attached hydrogen (secondary N) is 2. The fraction of sp³-hybridized carbons (Fsp3) is 0.333. The van der Waals surface area contributed by atoms with Crippen LogP contribution in [0.1, 0.15) is 0 Å². The van der Waals surface area contributed by atoms with Crippen molar-refractivity contribution in [2.24, 2.45) is 10.9 Å². The van der Waals surface area contributed by atoms with Gasteiger partial charge in [-0.2, -0.15) is 0 Å². The molecular formula is C6H7N3O2. The lowest BCUT2D eigenvalue weighted by molar-refractivity contribution is -0.139. The first-order chi connectivity index (χ1) is 5.29. The Hall–Kier alpha value is -1.36. The summed E-state index contributed by atoms with van der Waals surface area (Å²) in [5.74, 6) is -0.980. The van der Waals surface area contributed by atoms with E-state index in [1.165, 1.54) is 0 Å². The molecule has 0 aromatic carbocycles. The van der Waals surface area contributed by atoms with Crippen molar-refractivity contribution in [3.8, 4) is 0 Å². The summed E-state index contributed by atoms with van der Waals surface area (Å²) in [7, 11) is 0. The van der Waals surface area contributed by atoms with Crippen molar-refractivity contribution < 1.29 is 9.90 Å². The van der Waals surface area contributed by atoms with Crippen LogP contribution in [0.5, 0.6) is 0 Å². The summed E-state index contributed by atoms with van der Waals surface area (Å²) in [6.07, 6.45) is 3.25. The fourth-order valence-electron chi connectivity index (χ4n) is 1.23. The highest BCUT2D eigenvalue weighted by molar-refractivity contribution is 5.83. The zero-order valence-corrected chi connectivity index (χ0v) is 5.61. The molecule has 1 fully saturated rings. The van der Waals surface area contributed by atoms with E-state index in [0.29, 0.717) is 0 Å². The van der Waals surface area contributed by atoms with E-state index < -0.39 is 12.0 Å². The normalized spacial score (nSPS) is 32.9. The molecule has 2 aliphatic heterocycles. The molecule has 0 spiro atoms. The van der Waals surface area contributed by atoms with Crippen molar-refractivity contribution in [2.45, 2.75) is 6.04 Å². The minimum Gasteiger partial charge on any atom is -0.480 e. The van der Waals surface area contributed by atoms with Gasteiger partial charge in [0.15, 0.2) is 0 Å². The Morgan fingerprint density at radius 2 is 2.55 bits per heavy atom. The molecule has 0 amide bonds. The van der Waals surface area contributed by atoms with Crippen LogP contribution in [0, 0.1) is 5.92 Å². The number of hydrogen-bond donors (Lipinski definition) is 3. The molecule has 0 saturated carbocycles. The number of carboxylic acid groups (broad SMARTS) is 1. The zero-order chi connectivity index (χ0) is 7.84. The van der Waals surface area contributed by atoms with Crippen molar-refractivity contribution in [2.75, 3.05) is 0 Å². The van der Waals surface area contributed by atoms with Gasteiger partial charge in [-0.3, -0.25) is 9.79 Å². The second kappa shape index (κ2) is 2.06. The summed E-state index contributed by atoms with van der Waals surface area (Å²) in [6.45, 7) is 0. The van der Waals surface area contributed by atoms with Crippen LogP contribution in [-0.4, -0.2) is 23.3 Å². The molecule has 58 valence electrons. The Bertz CT molecular complexity index is 259. The van der Waals surface area contributed by atoms with Crippen molar-refractivity contribution in [1.82, 2.24) is 10.9 Å². The van der Waals surface area contributed by atoms with Gasteiger partial charge in [0.05, 0.1) is 11.6 Å². The van der Waals surface area contributed by atoms with Crippen LogP contribution < -0.4 is 10.9 Å². The van der Waals surface area contributed by atoms with Crippen LogP contribution in [0.15, 0.2) is 16.9 Å². The average Bonchev–Trinajstić information content (AvgIpc) is 2.41. The molecule has 0 aromatic rings. The Morgan fingerprint density at radius 1 is 1.73 bits per heavy atom. The van der Waals surface area contributed by atoms with Crippen molar-refractivity contribution in [3.05, 3.63) is 11.9 Å². The third-order valence-corrected chi connectivity index (χ3v) is 1.82. The van der Waals surface area contributed by atoms with Gasteiger partial charge in [-0.25, -0.2) is 5.43 Å². The molecule has 5 nitrogen and oxygen atoms in total. The molecule has 2 unspecified atom stereocenters. The van der Waals surface area contributed by atoms with Gasteiger partial charge in [0.2, 0.25) is 0 Å². The molecule has 3 N–H and O–H groups in total. The summed E-state index contributed by atoms with van der Waals surface area (Å²) < 4.78 is 0. The summed E-state index contributed by atoms with van der Waals surface area (Å²) in [4.78, 5) is 14.4. The van der Waals surface area contributed by atoms with E-state index in [2.05, 4.69) is 15.8 Å². The molecule has 2 heterocycles. The van der Waals surface area contributed by atoms with Gasteiger partial charge < -0.3 is 10.5 Å². The molecule has 11 heavy (non-hydrogen) atoms. The lowest BCUT2D eigenvalue weighted by Gasteiger charge is -2.05. The minimum absolute atomic E-state index is 0.118. The van der Waals surface area contributed by atoms with E-state index in [1.807, 2.05) is 0 Å². The Morgan fingerprint density at radius 3 is 3.27 bits per heavy atom. The Labute approximate surface area is 62.8 Å². The number of aliphatic carboxylic acids is 1. The monoisotopic (exact) mass is 153 g/mol. The standard InChI is InChI=1S/C6H7N3O2/c10-6(11)5-3-1-7-2-4(3)8-9-5/h1-3,5,8-9H,(H,10,11). The smallest absolute Gasteiger partial charge is 0.323 e. The predicted octanol–water partition coefficient (Wildman–Crippen LogP) is -0.911. The first kappa shape index (κ1) is 6.36. The van der Waals surface area contributed by atoms with E-state index in [0.717, 1.165) is 5.70 Å². The Kier molecular flexibility index (Phi) is 1.19. The van der Waals surface area contributed by atoms with Crippen LogP contribution in [-0.2, 0) is 4.79 Å². The highest BCUT2D eigenvalue weighted by Crippen LogP contribution is 2.20. The maximum absolute atomic E-state index is 10.6. The van der Waals surface area contributed by atoms with Gasteiger partial charge in [-0.05, 0) is 0 Å². The van der Waals surface area contributed by atoms with Crippen molar-refractivity contribution in [1.29, 1.82) is 0 Å². The van der Waals surface area contributed by atoms with Crippen LogP contribution in [0.4, 0.5) is 0 Å². The summed E-state index contributed by atoms with van der Waals surface area (Å²) in [6, 6.07) is -0.576. The number of rotatable bonds is 1. The number of carboxylic acids is 1. The van der Waals surface area contributed by atoms with E-state index in [1.54, 1.807) is 12.4 Å². The highest BCUT2D eigenvalue weighted by Gasteiger charge is 2.36. The third-order valence-electron chi connectivity index (χ3n) is 1.82. The van der Waals surface area contributed by atoms with E-state index in [9.17, 15) is 4.79 Å². The van der Waals surface area contributed by atoms with Gasteiger partial charge in [-0.15, -0.1) is 0 Å². The largest absolute Gasteiger partial charge is 0.480 e. The fourth-order valence-corrected chi connectivity index (χ4v) is 1.23. The third kappa shape index (κ3) is 0.813. The van der Waals surface area contributed by atoms with Crippen molar-refractivity contribution >= 4 is 12.2 Å².